The summed E-state index contributed by atoms with van der Waals surface area (Å²) in [5.74, 6) is 0.109. The number of aromatic amines is 1. The van der Waals surface area contributed by atoms with E-state index in [0.29, 0.717) is 37.4 Å². The summed E-state index contributed by atoms with van der Waals surface area (Å²) in [5.41, 5.74) is 20.7. The van der Waals surface area contributed by atoms with Crippen LogP contribution in [0.5, 0.6) is 0 Å². The minimum absolute atomic E-state index is 0.117. The Balaban J connectivity index is 1.30. The number of rotatable bonds is 4. The first-order valence-electron chi connectivity index (χ1n) is 13.3. The molecule has 11 heteroatoms. The van der Waals surface area contributed by atoms with Crippen LogP contribution in [-0.2, 0) is 34.5 Å². The minimum Gasteiger partial charge on any atom is -0.475 e. The molecule has 2 aromatic heterocycles. The van der Waals surface area contributed by atoms with Crippen LogP contribution in [0.15, 0.2) is 66.0 Å². The molecule has 1 saturated heterocycles. The third kappa shape index (κ3) is 4.32. The SMILES string of the molecule is CC(C)(C)OC(=O)N1CCc2cc(CN3NC(C(=N)N)(c4cnc5[nH]ccc5c4)C4=C(N)OCC=C43)ccc2C1. The maximum absolute atomic E-state index is 12.6. The van der Waals surface area contributed by atoms with Crippen molar-refractivity contribution in [3.8, 4) is 0 Å². The van der Waals surface area contributed by atoms with E-state index in [1.54, 1.807) is 11.1 Å². The molecule has 0 bridgehead atoms. The molecule has 3 aliphatic rings. The Kier molecular flexibility index (Phi) is 5.99. The smallest absolute Gasteiger partial charge is 0.410 e. The van der Waals surface area contributed by atoms with Crippen molar-refractivity contribution in [3.63, 3.8) is 0 Å². The maximum Gasteiger partial charge on any atom is 0.410 e. The van der Waals surface area contributed by atoms with Gasteiger partial charge in [0, 0.05) is 36.4 Å². The van der Waals surface area contributed by atoms with Gasteiger partial charge in [0.15, 0.2) is 11.4 Å². The van der Waals surface area contributed by atoms with Gasteiger partial charge in [-0.2, -0.15) is 0 Å². The van der Waals surface area contributed by atoms with Crippen LogP contribution in [0, 0.1) is 5.41 Å². The summed E-state index contributed by atoms with van der Waals surface area (Å²) in [6.07, 6.45) is 5.92. The number of carbonyl (C=O) groups is 1. The molecule has 1 amide bonds. The van der Waals surface area contributed by atoms with Gasteiger partial charge < -0.3 is 35.8 Å². The number of carbonyl (C=O) groups excluding carboxylic acids is 1. The lowest BCUT2D eigenvalue weighted by Crippen LogP contribution is -2.53. The van der Waals surface area contributed by atoms with Gasteiger partial charge in [0.2, 0.25) is 0 Å². The molecule has 0 saturated carbocycles. The van der Waals surface area contributed by atoms with Crippen molar-refractivity contribution in [2.24, 2.45) is 11.5 Å². The Labute approximate surface area is 232 Å². The predicted octanol–water partition coefficient (Wildman–Crippen LogP) is 3.09. The fraction of sp³-hybridized carbons (Fsp3) is 0.345. The summed E-state index contributed by atoms with van der Waals surface area (Å²) in [5, 5.41) is 11.6. The van der Waals surface area contributed by atoms with Crippen LogP contribution >= 0.6 is 0 Å². The number of amides is 1. The highest BCUT2D eigenvalue weighted by Crippen LogP contribution is 2.44. The lowest BCUT2D eigenvalue weighted by molar-refractivity contribution is 0.0224. The lowest BCUT2D eigenvalue weighted by atomic mass is 9.82. The molecule has 1 atom stereocenters. The Hall–Kier alpha value is -4.51. The molecule has 0 spiro atoms. The van der Waals surface area contributed by atoms with Crippen molar-refractivity contribution in [1.29, 1.82) is 5.41 Å². The predicted molar refractivity (Wildman–Crippen MR) is 150 cm³/mol. The number of nitrogens with zero attached hydrogens (tertiary/aromatic N) is 3. The Bertz CT molecular complexity index is 1580. The van der Waals surface area contributed by atoms with Crippen LogP contribution in [0.3, 0.4) is 0 Å². The lowest BCUT2D eigenvalue weighted by Gasteiger charge is -2.32. The summed E-state index contributed by atoms with van der Waals surface area (Å²) in [7, 11) is 0. The molecule has 0 radical (unpaired) electrons. The fourth-order valence-corrected chi connectivity index (χ4v) is 5.65. The first-order valence-corrected chi connectivity index (χ1v) is 13.3. The number of H-pyrrole nitrogens is 1. The average molecular weight is 543 g/mol. The van der Waals surface area contributed by atoms with E-state index >= 15 is 0 Å². The van der Waals surface area contributed by atoms with Gasteiger partial charge in [0.1, 0.15) is 23.7 Å². The van der Waals surface area contributed by atoms with Crippen LogP contribution in [0.1, 0.15) is 43.0 Å². The second kappa shape index (κ2) is 9.30. The minimum atomic E-state index is -1.24. The Morgan fingerprint density at radius 2 is 2.08 bits per heavy atom. The van der Waals surface area contributed by atoms with Gasteiger partial charge >= 0.3 is 6.09 Å². The van der Waals surface area contributed by atoms with E-state index in [9.17, 15) is 4.79 Å². The van der Waals surface area contributed by atoms with Crippen molar-refractivity contribution in [3.05, 3.63) is 88.2 Å². The van der Waals surface area contributed by atoms with E-state index in [0.717, 1.165) is 34.3 Å². The number of hydrazine groups is 1. The molecule has 3 aliphatic heterocycles. The zero-order valence-electron chi connectivity index (χ0n) is 22.9. The summed E-state index contributed by atoms with van der Waals surface area (Å²) >= 11 is 0. The molecule has 1 aromatic carbocycles. The van der Waals surface area contributed by atoms with Crippen molar-refractivity contribution in [2.75, 3.05) is 13.2 Å². The Morgan fingerprint density at radius 1 is 1.25 bits per heavy atom. The molecular weight excluding hydrogens is 508 g/mol. The number of hydrogen-bond donors (Lipinski definition) is 5. The second-order valence-corrected chi connectivity index (χ2v) is 11.4. The zero-order valence-corrected chi connectivity index (χ0v) is 22.9. The third-order valence-electron chi connectivity index (χ3n) is 7.50. The topological polar surface area (TPSA) is 159 Å². The van der Waals surface area contributed by atoms with E-state index in [4.69, 9.17) is 26.4 Å². The molecule has 1 unspecified atom stereocenters. The summed E-state index contributed by atoms with van der Waals surface area (Å²) in [6, 6.07) is 10.2. The number of pyridine rings is 1. The first-order chi connectivity index (χ1) is 19.0. The van der Waals surface area contributed by atoms with Gasteiger partial charge in [-0.15, -0.1) is 0 Å². The zero-order chi connectivity index (χ0) is 28.2. The van der Waals surface area contributed by atoms with E-state index in [1.165, 1.54) is 5.56 Å². The van der Waals surface area contributed by atoms with E-state index < -0.39 is 11.1 Å². The number of hydrogen-bond acceptors (Lipinski definition) is 8. The average Bonchev–Trinajstić information content (AvgIpc) is 3.51. The molecule has 5 heterocycles. The van der Waals surface area contributed by atoms with Crippen LogP contribution < -0.4 is 16.9 Å². The number of fused-ring (bicyclic) bond motifs is 3. The highest BCUT2D eigenvalue weighted by molar-refractivity contribution is 5.95. The molecule has 0 aliphatic carbocycles. The standard InChI is InChI=1S/C29H34N8O3/c1-28(2,3)40-27(38)36-10-7-18-12-17(4-5-20(18)16-36)15-37-22-8-11-39-24(30)23(22)29(35-37,26(31)32)21-13-19-6-9-33-25(19)34-14-21/h4-6,8-9,12-14,35H,7,10-11,15-16,30H2,1-3H3,(H3,31,32)(H,33,34). The first kappa shape index (κ1) is 25.8. The molecule has 3 aromatic rings. The molecule has 1 fully saturated rings. The van der Waals surface area contributed by atoms with Gasteiger partial charge in [-0.25, -0.2) is 15.2 Å². The highest BCUT2D eigenvalue weighted by Gasteiger charge is 2.52. The number of nitrogens with one attached hydrogen (secondary N) is 3. The van der Waals surface area contributed by atoms with Crippen molar-refractivity contribution >= 4 is 23.0 Å². The van der Waals surface area contributed by atoms with Gasteiger partial charge in [-0.1, -0.05) is 18.2 Å². The quantitative estimate of drug-likeness (QED) is 0.248. The van der Waals surface area contributed by atoms with Crippen LogP contribution in [0.25, 0.3) is 11.0 Å². The van der Waals surface area contributed by atoms with Crippen LogP contribution in [0.4, 0.5) is 4.79 Å². The molecule has 7 N–H and O–H groups in total. The number of ether oxygens (including phenoxy) is 2. The van der Waals surface area contributed by atoms with Gasteiger partial charge in [-0.05, 0) is 62.1 Å². The van der Waals surface area contributed by atoms with Crippen molar-refractivity contribution < 1.29 is 14.3 Å². The van der Waals surface area contributed by atoms with Gasteiger partial charge in [0.05, 0.1) is 17.8 Å². The molecule has 40 heavy (non-hydrogen) atoms. The van der Waals surface area contributed by atoms with Crippen LogP contribution in [0.2, 0.25) is 0 Å². The second-order valence-electron chi connectivity index (χ2n) is 11.4. The summed E-state index contributed by atoms with van der Waals surface area (Å²) in [4.78, 5) is 22.0. The normalized spacial score (nSPS) is 20.6. The monoisotopic (exact) mass is 542 g/mol. The van der Waals surface area contributed by atoms with Crippen molar-refractivity contribution in [2.45, 2.75) is 51.4 Å². The number of benzene rings is 1. The largest absolute Gasteiger partial charge is 0.475 e. The van der Waals surface area contributed by atoms with Crippen LogP contribution in [-0.4, -0.2) is 50.6 Å². The van der Waals surface area contributed by atoms with Crippen molar-refractivity contribution in [1.82, 2.24) is 25.3 Å². The number of nitrogens with two attached hydrogens (primary N) is 2. The van der Waals surface area contributed by atoms with E-state index in [-0.39, 0.29) is 17.8 Å². The highest BCUT2D eigenvalue weighted by atomic mass is 16.6. The fourth-order valence-electron chi connectivity index (χ4n) is 5.65. The molecule has 6 rings (SSSR count). The van der Waals surface area contributed by atoms with Gasteiger partial charge in [-0.3, -0.25) is 5.41 Å². The molecule has 208 valence electrons. The number of aromatic nitrogens is 2. The number of amidine groups is 1. The molecule has 11 nitrogen and oxygen atoms in total. The van der Waals surface area contributed by atoms with E-state index in [2.05, 4.69) is 33.6 Å². The maximum atomic E-state index is 12.6. The van der Waals surface area contributed by atoms with E-state index in [1.807, 2.05) is 50.2 Å². The van der Waals surface area contributed by atoms with Gasteiger partial charge in [0.25, 0.3) is 0 Å². The summed E-state index contributed by atoms with van der Waals surface area (Å²) < 4.78 is 11.3. The molecular formula is C29H34N8O3. The summed E-state index contributed by atoms with van der Waals surface area (Å²) in [6.45, 7) is 7.55. The Morgan fingerprint density at radius 3 is 2.85 bits per heavy atom. The third-order valence-corrected chi connectivity index (χ3v) is 7.50.